The van der Waals surface area contributed by atoms with Crippen LogP contribution in [0, 0.1) is 6.07 Å². The van der Waals surface area contributed by atoms with Crippen molar-refractivity contribution in [2.24, 2.45) is 10.2 Å². The molecule has 0 spiro atoms. The largest absolute Gasteiger partial charge is 0.436 e. The van der Waals surface area contributed by atoms with Crippen LogP contribution < -0.4 is 0 Å². The third-order valence-corrected chi connectivity index (χ3v) is 2.53. The normalized spacial score (nSPS) is 12.3. The predicted octanol–water partition coefficient (Wildman–Crippen LogP) is 4.46. The molecule has 3 rings (SSSR count). The first-order valence-electron chi connectivity index (χ1n) is 5.79. The van der Waals surface area contributed by atoms with Gasteiger partial charge >= 0.3 is 6.05 Å². The van der Waals surface area contributed by atoms with Gasteiger partial charge in [-0.15, -0.1) is 10.2 Å². The molecule has 0 N–H and O–H groups in total. The van der Waals surface area contributed by atoms with Gasteiger partial charge in [-0.1, -0.05) is 30.3 Å². The van der Waals surface area contributed by atoms with Crippen LogP contribution in [0.1, 0.15) is 5.89 Å². The van der Waals surface area contributed by atoms with E-state index >= 15 is 0 Å². The summed E-state index contributed by atoms with van der Waals surface area (Å²) in [5.74, 6) is -0.779. The Labute approximate surface area is 112 Å². The van der Waals surface area contributed by atoms with E-state index in [2.05, 4.69) is 21.3 Å². The number of hydrogen-bond acceptors (Lipinski definition) is 4. The number of alkyl halides is 2. The highest BCUT2D eigenvalue weighted by Gasteiger charge is 2.38. The average molecular weight is 272 g/mol. The van der Waals surface area contributed by atoms with Crippen molar-refractivity contribution in [3.8, 4) is 0 Å². The molecule has 0 saturated carbocycles. The standard InChI is InChI=1S/C14H8F2N3O/c15-14(16,19-18-10-6-2-1-3-7-10)13-17-11-8-4-5-9-12(11)20-13/h1-6,8-9H. The molecule has 2 aromatic carbocycles. The Morgan fingerprint density at radius 2 is 1.90 bits per heavy atom. The summed E-state index contributed by atoms with van der Waals surface area (Å²) in [4.78, 5) is 3.72. The first-order valence-corrected chi connectivity index (χ1v) is 5.79. The third-order valence-electron chi connectivity index (χ3n) is 2.53. The van der Waals surface area contributed by atoms with Gasteiger partial charge in [0.2, 0.25) is 0 Å². The molecule has 3 aromatic rings. The van der Waals surface area contributed by atoms with E-state index in [0.29, 0.717) is 5.52 Å². The molecule has 0 fully saturated rings. The molecule has 0 aliphatic heterocycles. The molecule has 0 aliphatic carbocycles. The Kier molecular flexibility index (Phi) is 2.98. The van der Waals surface area contributed by atoms with Crippen LogP contribution in [0.15, 0.2) is 63.2 Å². The molecule has 0 unspecified atom stereocenters. The first kappa shape index (κ1) is 12.4. The first-order chi connectivity index (χ1) is 9.65. The van der Waals surface area contributed by atoms with E-state index in [1.165, 1.54) is 6.07 Å². The van der Waals surface area contributed by atoms with Gasteiger partial charge in [-0.3, -0.25) is 0 Å². The van der Waals surface area contributed by atoms with Gasteiger partial charge in [0.1, 0.15) is 5.52 Å². The van der Waals surface area contributed by atoms with Gasteiger partial charge in [-0.2, -0.15) is 8.78 Å². The molecule has 6 heteroatoms. The second-order valence-electron chi connectivity index (χ2n) is 3.98. The van der Waals surface area contributed by atoms with Crippen LogP contribution in [0.25, 0.3) is 11.1 Å². The van der Waals surface area contributed by atoms with Crippen LogP contribution >= 0.6 is 0 Å². The van der Waals surface area contributed by atoms with Crippen molar-refractivity contribution in [1.29, 1.82) is 0 Å². The summed E-state index contributed by atoms with van der Waals surface area (Å²) in [6, 6.07) is 12.0. The van der Waals surface area contributed by atoms with E-state index in [-0.39, 0.29) is 11.3 Å². The van der Waals surface area contributed by atoms with Crippen molar-refractivity contribution < 1.29 is 13.2 Å². The average Bonchev–Trinajstić information content (AvgIpc) is 2.91. The van der Waals surface area contributed by atoms with Gasteiger partial charge < -0.3 is 4.42 Å². The van der Waals surface area contributed by atoms with E-state index < -0.39 is 11.9 Å². The minimum absolute atomic E-state index is 0.211. The number of oxazole rings is 1. The van der Waals surface area contributed by atoms with Crippen molar-refractivity contribution in [3.05, 3.63) is 60.5 Å². The molecule has 1 heterocycles. The highest BCUT2D eigenvalue weighted by molar-refractivity contribution is 5.72. The van der Waals surface area contributed by atoms with Gasteiger partial charge in [0, 0.05) is 6.07 Å². The van der Waals surface area contributed by atoms with Crippen LogP contribution in [0.5, 0.6) is 0 Å². The lowest BCUT2D eigenvalue weighted by Gasteiger charge is -2.03. The van der Waals surface area contributed by atoms with Crippen molar-refractivity contribution in [2.75, 3.05) is 0 Å². The summed E-state index contributed by atoms with van der Waals surface area (Å²) >= 11 is 0. The number of benzene rings is 2. The molecule has 0 saturated heterocycles. The number of nitrogens with zero attached hydrogens (tertiary/aromatic N) is 3. The fourth-order valence-electron chi connectivity index (χ4n) is 1.61. The van der Waals surface area contributed by atoms with E-state index in [9.17, 15) is 8.78 Å². The number of aromatic nitrogens is 1. The Morgan fingerprint density at radius 3 is 2.65 bits per heavy atom. The fourth-order valence-corrected chi connectivity index (χ4v) is 1.61. The number of fused-ring (bicyclic) bond motifs is 1. The van der Waals surface area contributed by atoms with Gasteiger partial charge in [-0.25, -0.2) is 4.98 Å². The maximum atomic E-state index is 13.8. The van der Waals surface area contributed by atoms with E-state index in [4.69, 9.17) is 4.42 Å². The highest BCUT2D eigenvalue weighted by Crippen LogP contribution is 2.32. The quantitative estimate of drug-likeness (QED) is 0.522. The molecule has 20 heavy (non-hydrogen) atoms. The van der Waals surface area contributed by atoms with Crippen LogP contribution in [-0.4, -0.2) is 4.98 Å². The predicted molar refractivity (Wildman–Crippen MR) is 67.7 cm³/mol. The highest BCUT2D eigenvalue weighted by atomic mass is 19.3. The lowest BCUT2D eigenvalue weighted by atomic mass is 10.3. The molecular weight excluding hydrogens is 264 g/mol. The fraction of sp³-hybridized carbons (Fsp3) is 0.0714. The number of hydrogen-bond donors (Lipinski definition) is 0. The van der Waals surface area contributed by atoms with Gasteiger partial charge in [0.05, 0.1) is 5.69 Å². The summed E-state index contributed by atoms with van der Waals surface area (Å²) in [6.45, 7) is 0. The maximum Gasteiger partial charge on any atom is 0.436 e. The zero-order valence-corrected chi connectivity index (χ0v) is 10.1. The van der Waals surface area contributed by atoms with Gasteiger partial charge in [-0.05, 0) is 18.2 Å². The molecule has 0 bridgehead atoms. The van der Waals surface area contributed by atoms with Crippen LogP contribution in [0.4, 0.5) is 14.5 Å². The Bertz CT molecular complexity index is 720. The van der Waals surface area contributed by atoms with Gasteiger partial charge in [0.25, 0.3) is 5.89 Å². The summed E-state index contributed by atoms with van der Waals surface area (Å²) in [5.41, 5.74) is 0.843. The summed E-state index contributed by atoms with van der Waals surface area (Å²) in [6.07, 6.45) is 0. The monoisotopic (exact) mass is 272 g/mol. The zero-order valence-electron chi connectivity index (χ0n) is 10.1. The second-order valence-corrected chi connectivity index (χ2v) is 3.98. The minimum Gasteiger partial charge on any atom is -0.433 e. The smallest absolute Gasteiger partial charge is 0.433 e. The van der Waals surface area contributed by atoms with E-state index in [0.717, 1.165) is 0 Å². The number of rotatable bonds is 3. The SMILES string of the molecule is FC(F)(N=Nc1[c]cccc1)c1nc2ccccc2o1. The number of halogens is 2. The maximum absolute atomic E-state index is 13.8. The zero-order chi connectivity index (χ0) is 14.0. The molecule has 0 atom stereocenters. The van der Waals surface area contributed by atoms with Crippen molar-refractivity contribution in [2.45, 2.75) is 6.05 Å². The van der Waals surface area contributed by atoms with E-state index in [1.807, 2.05) is 0 Å². The Morgan fingerprint density at radius 1 is 1.10 bits per heavy atom. The molecule has 0 aliphatic rings. The topological polar surface area (TPSA) is 50.8 Å². The van der Waals surface area contributed by atoms with Crippen molar-refractivity contribution in [1.82, 2.24) is 4.98 Å². The molecule has 99 valence electrons. The molecule has 1 radical (unpaired) electrons. The molecule has 4 nitrogen and oxygen atoms in total. The lowest BCUT2D eigenvalue weighted by Crippen LogP contribution is -2.09. The van der Waals surface area contributed by atoms with E-state index in [1.54, 1.807) is 42.5 Å². The number of para-hydroxylation sites is 2. The Balaban J connectivity index is 1.93. The molecular formula is C14H8F2N3O. The van der Waals surface area contributed by atoms with Crippen LogP contribution in [-0.2, 0) is 6.05 Å². The molecule has 1 aromatic heterocycles. The Hall–Kier alpha value is -2.63. The second kappa shape index (κ2) is 4.80. The van der Waals surface area contributed by atoms with Crippen molar-refractivity contribution >= 4 is 16.8 Å². The summed E-state index contributed by atoms with van der Waals surface area (Å²) < 4.78 is 32.7. The third kappa shape index (κ3) is 2.40. The number of azo groups is 1. The van der Waals surface area contributed by atoms with Crippen molar-refractivity contribution in [3.63, 3.8) is 0 Å². The summed E-state index contributed by atoms with van der Waals surface area (Å²) in [7, 11) is 0. The minimum atomic E-state index is -3.62. The lowest BCUT2D eigenvalue weighted by molar-refractivity contribution is -0.0271. The summed E-state index contributed by atoms with van der Waals surface area (Å²) in [5, 5.41) is 6.44. The molecule has 0 amide bonds. The van der Waals surface area contributed by atoms with Crippen LogP contribution in [0.2, 0.25) is 0 Å². The van der Waals surface area contributed by atoms with Crippen LogP contribution in [0.3, 0.4) is 0 Å². The van der Waals surface area contributed by atoms with Gasteiger partial charge in [0.15, 0.2) is 5.58 Å².